The van der Waals surface area contributed by atoms with Crippen LogP contribution in [0.2, 0.25) is 0 Å². The minimum Gasteiger partial charge on any atom is -0.326 e. The molecule has 4 N–H and O–H groups in total. The van der Waals surface area contributed by atoms with E-state index in [1.54, 1.807) is 7.05 Å². The smallest absolute Gasteiger partial charge is 0.326 e. The van der Waals surface area contributed by atoms with E-state index in [9.17, 15) is 22.0 Å². The van der Waals surface area contributed by atoms with Gasteiger partial charge in [-0.3, -0.25) is 10.00 Å². The van der Waals surface area contributed by atoms with Crippen LogP contribution in [0, 0.1) is 17.6 Å². The maximum atomic E-state index is 14.3. The number of fused-ring (bicyclic) bond motifs is 1. The number of hydrogen-bond acceptors (Lipinski definition) is 4. The molecule has 29 heavy (non-hydrogen) atoms. The molecule has 0 radical (unpaired) electrons. The summed E-state index contributed by atoms with van der Waals surface area (Å²) < 4.78 is 67.5. The summed E-state index contributed by atoms with van der Waals surface area (Å²) in [7, 11) is 1.77. The van der Waals surface area contributed by atoms with E-state index in [0.717, 1.165) is 18.2 Å². The Kier molecular flexibility index (Phi) is 5.12. The van der Waals surface area contributed by atoms with Crippen molar-refractivity contribution in [2.24, 2.45) is 11.7 Å². The Hall–Kier alpha value is -2.04. The molecule has 0 aliphatic carbocycles. The molecule has 4 unspecified atom stereocenters. The number of rotatable bonds is 2. The van der Waals surface area contributed by atoms with Crippen LogP contribution < -0.4 is 11.1 Å². The molecule has 2 aliphatic rings. The molecule has 1 aromatic heterocycles. The highest BCUT2D eigenvalue weighted by Crippen LogP contribution is 2.38. The lowest BCUT2D eigenvalue weighted by atomic mass is 9.79. The third-order valence-electron chi connectivity index (χ3n) is 6.01. The monoisotopic (exact) mass is 415 g/mol. The van der Waals surface area contributed by atoms with Crippen molar-refractivity contribution < 1.29 is 22.0 Å². The summed E-state index contributed by atoms with van der Waals surface area (Å²) in [5.41, 5.74) is 6.30. The number of H-pyrrole nitrogens is 1. The average Bonchev–Trinajstić information content (AvgIpc) is 3.07. The molecule has 0 bridgehead atoms. The van der Waals surface area contributed by atoms with E-state index in [4.69, 9.17) is 5.73 Å². The van der Waals surface area contributed by atoms with Gasteiger partial charge >= 0.3 is 6.18 Å². The summed E-state index contributed by atoms with van der Waals surface area (Å²) in [5.74, 6) is -1.09. The summed E-state index contributed by atoms with van der Waals surface area (Å²) in [6.45, 7) is 0.765. The highest BCUT2D eigenvalue weighted by molar-refractivity contribution is 5.31. The largest absolute Gasteiger partial charge is 0.435 e. The first-order chi connectivity index (χ1) is 13.6. The van der Waals surface area contributed by atoms with Crippen LogP contribution >= 0.6 is 0 Å². The van der Waals surface area contributed by atoms with Gasteiger partial charge in [0.15, 0.2) is 5.69 Å². The maximum absolute atomic E-state index is 14.3. The second kappa shape index (κ2) is 7.33. The molecule has 1 fully saturated rings. The lowest BCUT2D eigenvalue weighted by molar-refractivity contribution is -0.141. The highest BCUT2D eigenvalue weighted by Gasteiger charge is 2.43. The molecular weight excluding hydrogens is 393 g/mol. The number of nitrogens with two attached hydrogens (primary N) is 1. The SMILES string of the molecule is CN1CC(C2Cc3c(C(F)(F)F)n[nH]c3CN2)CC(N)C1c1cc(F)ccc1F. The van der Waals surface area contributed by atoms with Gasteiger partial charge in [-0.05, 0) is 44.0 Å². The van der Waals surface area contributed by atoms with Crippen LogP contribution in [-0.4, -0.2) is 40.8 Å². The van der Waals surface area contributed by atoms with Gasteiger partial charge in [-0.25, -0.2) is 8.78 Å². The molecule has 1 saturated heterocycles. The molecule has 2 aromatic rings. The number of halogens is 5. The molecule has 0 saturated carbocycles. The number of benzene rings is 1. The van der Waals surface area contributed by atoms with E-state index in [1.165, 1.54) is 0 Å². The van der Waals surface area contributed by atoms with Gasteiger partial charge in [0.05, 0.1) is 11.7 Å². The van der Waals surface area contributed by atoms with Gasteiger partial charge in [0.25, 0.3) is 0 Å². The van der Waals surface area contributed by atoms with Crippen molar-refractivity contribution in [2.75, 3.05) is 13.6 Å². The number of alkyl halides is 3. The second-order valence-electron chi connectivity index (χ2n) is 7.93. The first kappa shape index (κ1) is 20.2. The topological polar surface area (TPSA) is 70.0 Å². The zero-order chi connectivity index (χ0) is 20.9. The van der Waals surface area contributed by atoms with Crippen LogP contribution in [0.4, 0.5) is 22.0 Å². The summed E-state index contributed by atoms with van der Waals surface area (Å²) in [4.78, 5) is 1.86. The molecule has 2 aliphatic heterocycles. The molecule has 5 nitrogen and oxygen atoms in total. The van der Waals surface area contributed by atoms with Crippen molar-refractivity contribution in [3.63, 3.8) is 0 Å². The Balaban J connectivity index is 1.53. The number of likely N-dealkylation sites (tertiary alicyclic amines) is 1. The number of nitrogens with zero attached hydrogens (tertiary/aromatic N) is 2. The van der Waals surface area contributed by atoms with E-state index >= 15 is 0 Å². The van der Waals surface area contributed by atoms with Crippen molar-refractivity contribution in [2.45, 2.75) is 43.7 Å². The van der Waals surface area contributed by atoms with Gasteiger partial charge in [0, 0.05) is 36.3 Å². The fraction of sp³-hybridized carbons (Fsp3) is 0.526. The predicted molar refractivity (Wildman–Crippen MR) is 95.7 cm³/mol. The van der Waals surface area contributed by atoms with Crippen molar-refractivity contribution in [1.29, 1.82) is 0 Å². The van der Waals surface area contributed by atoms with Crippen LogP contribution in [0.5, 0.6) is 0 Å². The third-order valence-corrected chi connectivity index (χ3v) is 6.01. The third kappa shape index (κ3) is 3.76. The molecule has 1 aromatic carbocycles. The van der Waals surface area contributed by atoms with Crippen LogP contribution in [0.15, 0.2) is 18.2 Å². The summed E-state index contributed by atoms with van der Waals surface area (Å²) in [6.07, 6.45) is -3.84. The molecular formula is C19H22F5N5. The fourth-order valence-electron chi connectivity index (χ4n) is 4.72. The zero-order valence-electron chi connectivity index (χ0n) is 15.7. The van der Waals surface area contributed by atoms with Crippen LogP contribution in [0.25, 0.3) is 0 Å². The molecule has 3 heterocycles. The molecule has 0 spiro atoms. The predicted octanol–water partition coefficient (Wildman–Crippen LogP) is 2.74. The number of aromatic amines is 1. The van der Waals surface area contributed by atoms with Crippen LogP contribution in [0.1, 0.15) is 35.0 Å². The first-order valence-electron chi connectivity index (χ1n) is 9.42. The Morgan fingerprint density at radius 1 is 1.24 bits per heavy atom. The Bertz CT molecular complexity index is 884. The number of aromatic nitrogens is 2. The van der Waals surface area contributed by atoms with E-state index in [0.29, 0.717) is 18.7 Å². The Labute approximate surface area is 164 Å². The van der Waals surface area contributed by atoms with Gasteiger partial charge in [0.2, 0.25) is 0 Å². The summed E-state index contributed by atoms with van der Waals surface area (Å²) >= 11 is 0. The second-order valence-corrected chi connectivity index (χ2v) is 7.93. The van der Waals surface area contributed by atoms with Crippen molar-refractivity contribution >= 4 is 0 Å². The van der Waals surface area contributed by atoms with Gasteiger partial charge in [0.1, 0.15) is 11.6 Å². The van der Waals surface area contributed by atoms with Gasteiger partial charge < -0.3 is 11.1 Å². The minimum atomic E-state index is -4.51. The minimum absolute atomic E-state index is 0.0352. The quantitative estimate of drug-likeness (QED) is 0.660. The van der Waals surface area contributed by atoms with E-state index in [-0.39, 0.29) is 36.1 Å². The maximum Gasteiger partial charge on any atom is 0.435 e. The standard InChI is InChI=1S/C19H22F5N5/c1-29-8-9(4-14(25)17(29)11-5-10(20)2-3-13(11)21)15-6-12-16(7-26-15)27-28-18(12)19(22,23)24/h2-3,5,9,14-15,17,26H,4,6-8,25H2,1H3,(H,27,28). The van der Waals surface area contributed by atoms with Crippen molar-refractivity contribution in [3.05, 3.63) is 52.3 Å². The van der Waals surface area contributed by atoms with E-state index in [1.807, 2.05) is 4.90 Å². The average molecular weight is 415 g/mol. The number of hydrogen-bond donors (Lipinski definition) is 3. The molecule has 4 atom stereocenters. The molecule has 158 valence electrons. The number of piperidine rings is 1. The molecule has 4 rings (SSSR count). The van der Waals surface area contributed by atoms with Crippen molar-refractivity contribution in [3.8, 4) is 0 Å². The van der Waals surface area contributed by atoms with Gasteiger partial charge in [-0.15, -0.1) is 0 Å². The van der Waals surface area contributed by atoms with Crippen molar-refractivity contribution in [1.82, 2.24) is 20.4 Å². The van der Waals surface area contributed by atoms with Gasteiger partial charge in [-0.2, -0.15) is 18.3 Å². The summed E-state index contributed by atoms with van der Waals surface area (Å²) in [5, 5.41) is 9.19. The van der Waals surface area contributed by atoms with Crippen LogP contribution in [-0.2, 0) is 19.1 Å². The first-order valence-corrected chi connectivity index (χ1v) is 9.42. The van der Waals surface area contributed by atoms with E-state index < -0.39 is 35.6 Å². The number of nitrogens with one attached hydrogen (secondary N) is 2. The lowest BCUT2D eigenvalue weighted by Crippen LogP contribution is -2.54. The fourth-order valence-corrected chi connectivity index (χ4v) is 4.72. The summed E-state index contributed by atoms with van der Waals surface area (Å²) in [6, 6.07) is 2.10. The number of likely N-dealkylation sites (N-methyl/N-ethyl adjacent to an activating group) is 1. The van der Waals surface area contributed by atoms with Gasteiger partial charge in [-0.1, -0.05) is 0 Å². The molecule has 0 amide bonds. The molecule has 10 heteroatoms. The normalized spacial score (nSPS) is 28.4. The van der Waals surface area contributed by atoms with E-state index in [2.05, 4.69) is 15.5 Å². The highest BCUT2D eigenvalue weighted by atomic mass is 19.4. The van der Waals surface area contributed by atoms with Crippen LogP contribution in [0.3, 0.4) is 0 Å². The Morgan fingerprint density at radius 2 is 2.00 bits per heavy atom. The Morgan fingerprint density at radius 3 is 2.69 bits per heavy atom. The lowest BCUT2D eigenvalue weighted by Gasteiger charge is -2.45. The zero-order valence-corrected chi connectivity index (χ0v) is 15.7.